The van der Waals surface area contributed by atoms with E-state index in [1.807, 2.05) is 66.1 Å². The van der Waals surface area contributed by atoms with Crippen molar-refractivity contribution in [1.29, 1.82) is 0 Å². The molecule has 4 aromatic rings. The molecule has 0 bridgehead atoms. The van der Waals surface area contributed by atoms with E-state index >= 15 is 0 Å². The number of benzene rings is 1. The van der Waals surface area contributed by atoms with Crippen molar-refractivity contribution in [2.24, 2.45) is 0 Å². The van der Waals surface area contributed by atoms with Crippen LogP contribution in [0.25, 0.3) is 17.0 Å². The number of furan rings is 1. The van der Waals surface area contributed by atoms with Gasteiger partial charge in [-0.15, -0.1) is 11.3 Å². The highest BCUT2D eigenvalue weighted by atomic mass is 32.1. The van der Waals surface area contributed by atoms with Crippen LogP contribution in [0.4, 0.5) is 0 Å². The molecule has 0 radical (unpaired) electrons. The molecule has 0 unspecified atom stereocenters. The number of fused-ring (bicyclic) bond motifs is 1. The molecule has 4 rings (SSSR count). The SMILES string of the molecule is O=C(/C=C/c1cccc2cccnc12)N(Cc1ccco1)Cc1cccs1. The van der Waals surface area contributed by atoms with E-state index in [4.69, 9.17) is 4.42 Å². The molecule has 0 saturated heterocycles. The Balaban J connectivity index is 1.57. The maximum absolute atomic E-state index is 12.9. The molecule has 3 aromatic heterocycles. The summed E-state index contributed by atoms with van der Waals surface area (Å²) in [6.07, 6.45) is 6.84. The summed E-state index contributed by atoms with van der Waals surface area (Å²) in [6, 6.07) is 17.6. The number of rotatable bonds is 6. The number of para-hydroxylation sites is 1. The van der Waals surface area contributed by atoms with Crippen LogP contribution in [0.2, 0.25) is 0 Å². The Labute approximate surface area is 161 Å². The zero-order valence-corrected chi connectivity index (χ0v) is 15.4. The van der Waals surface area contributed by atoms with E-state index in [2.05, 4.69) is 4.98 Å². The van der Waals surface area contributed by atoms with Crippen LogP contribution in [0.3, 0.4) is 0 Å². The van der Waals surface area contributed by atoms with Gasteiger partial charge < -0.3 is 9.32 Å². The molecule has 0 spiro atoms. The molecule has 1 aromatic carbocycles. The van der Waals surface area contributed by atoms with Crippen LogP contribution in [-0.4, -0.2) is 15.8 Å². The first-order valence-corrected chi connectivity index (χ1v) is 9.53. The summed E-state index contributed by atoms with van der Waals surface area (Å²) < 4.78 is 5.43. The molecule has 5 heteroatoms. The molecule has 0 atom stereocenters. The summed E-state index contributed by atoms with van der Waals surface area (Å²) in [6.45, 7) is 0.983. The Hall–Kier alpha value is -3.18. The minimum Gasteiger partial charge on any atom is -0.467 e. The zero-order chi connectivity index (χ0) is 18.5. The Morgan fingerprint density at radius 1 is 1.07 bits per heavy atom. The molecule has 0 aliphatic carbocycles. The second-order valence-electron chi connectivity index (χ2n) is 6.11. The molecule has 0 saturated carbocycles. The fourth-order valence-electron chi connectivity index (χ4n) is 2.92. The highest BCUT2D eigenvalue weighted by Crippen LogP contribution is 2.19. The Kier molecular flexibility index (Phi) is 5.12. The number of carbonyl (C=O) groups excluding carboxylic acids is 1. The van der Waals surface area contributed by atoms with Crippen molar-refractivity contribution >= 4 is 34.2 Å². The quantitative estimate of drug-likeness (QED) is 0.440. The van der Waals surface area contributed by atoms with E-state index < -0.39 is 0 Å². The maximum atomic E-state index is 12.9. The number of thiophene rings is 1. The fraction of sp³-hybridized carbons (Fsp3) is 0.0909. The molecule has 3 heterocycles. The van der Waals surface area contributed by atoms with Gasteiger partial charge in [0.05, 0.1) is 24.9 Å². The molecule has 0 aliphatic rings. The van der Waals surface area contributed by atoms with Crippen LogP contribution in [0.1, 0.15) is 16.2 Å². The van der Waals surface area contributed by atoms with Crippen LogP contribution in [0.15, 0.2) is 82.9 Å². The predicted octanol–water partition coefficient (Wildman–Crippen LogP) is 5.13. The highest BCUT2D eigenvalue weighted by molar-refractivity contribution is 7.09. The van der Waals surface area contributed by atoms with E-state index in [1.54, 1.807) is 34.8 Å². The predicted molar refractivity (Wildman–Crippen MR) is 108 cm³/mol. The second kappa shape index (κ2) is 8.01. The number of nitrogens with zero attached hydrogens (tertiary/aromatic N) is 2. The van der Waals surface area contributed by atoms with Gasteiger partial charge in [-0.3, -0.25) is 9.78 Å². The minimum atomic E-state index is -0.0623. The lowest BCUT2D eigenvalue weighted by Gasteiger charge is -2.19. The molecule has 27 heavy (non-hydrogen) atoms. The van der Waals surface area contributed by atoms with Gasteiger partial charge >= 0.3 is 0 Å². The van der Waals surface area contributed by atoms with E-state index in [0.29, 0.717) is 13.1 Å². The van der Waals surface area contributed by atoms with Gasteiger partial charge in [-0.1, -0.05) is 30.3 Å². The van der Waals surface area contributed by atoms with E-state index in [0.717, 1.165) is 27.1 Å². The number of pyridine rings is 1. The lowest BCUT2D eigenvalue weighted by Crippen LogP contribution is -2.27. The molecule has 134 valence electrons. The standard InChI is InChI=1S/C22H18N2O2S/c25-21(11-10-18-6-1-5-17-7-2-12-23-22(17)18)24(15-19-8-3-13-26-19)16-20-9-4-14-27-20/h1-14H,15-16H2/b11-10+. The zero-order valence-electron chi connectivity index (χ0n) is 14.6. The molecule has 1 amide bonds. The fourth-order valence-corrected chi connectivity index (χ4v) is 3.64. The lowest BCUT2D eigenvalue weighted by atomic mass is 10.1. The molecule has 0 N–H and O–H groups in total. The largest absolute Gasteiger partial charge is 0.467 e. The molecular weight excluding hydrogens is 356 g/mol. The van der Waals surface area contributed by atoms with Crippen LogP contribution >= 0.6 is 11.3 Å². The maximum Gasteiger partial charge on any atom is 0.247 e. The first-order chi connectivity index (χ1) is 13.3. The van der Waals surface area contributed by atoms with E-state index in [1.165, 1.54) is 0 Å². The first kappa shape index (κ1) is 17.2. The average Bonchev–Trinajstić information content (AvgIpc) is 3.40. The second-order valence-corrected chi connectivity index (χ2v) is 7.14. The van der Waals surface area contributed by atoms with Gasteiger partial charge in [-0.2, -0.15) is 0 Å². The summed E-state index contributed by atoms with van der Waals surface area (Å²) in [5, 5.41) is 3.07. The third-order valence-electron chi connectivity index (χ3n) is 4.23. The summed E-state index contributed by atoms with van der Waals surface area (Å²) in [5.74, 6) is 0.702. The number of hydrogen-bond donors (Lipinski definition) is 0. The van der Waals surface area contributed by atoms with Crippen molar-refractivity contribution in [3.05, 3.63) is 94.7 Å². The van der Waals surface area contributed by atoms with E-state index in [9.17, 15) is 4.79 Å². The summed E-state index contributed by atoms with van der Waals surface area (Å²) in [4.78, 5) is 20.2. The molecule has 0 aliphatic heterocycles. The van der Waals surface area contributed by atoms with Gasteiger partial charge in [-0.25, -0.2) is 0 Å². The third kappa shape index (κ3) is 4.15. The summed E-state index contributed by atoms with van der Waals surface area (Å²) in [5.41, 5.74) is 1.82. The number of amides is 1. The van der Waals surface area contributed by atoms with Gasteiger partial charge in [0.2, 0.25) is 5.91 Å². The Bertz CT molecular complexity index is 1010. The smallest absolute Gasteiger partial charge is 0.247 e. The first-order valence-electron chi connectivity index (χ1n) is 8.65. The van der Waals surface area contributed by atoms with Crippen LogP contribution in [0, 0.1) is 0 Å². The van der Waals surface area contributed by atoms with Crippen molar-refractivity contribution in [3.8, 4) is 0 Å². The number of aromatic nitrogens is 1. The molecule has 0 fully saturated rings. The lowest BCUT2D eigenvalue weighted by molar-refractivity contribution is -0.127. The van der Waals surface area contributed by atoms with Gasteiger partial charge in [0, 0.05) is 28.1 Å². The summed E-state index contributed by atoms with van der Waals surface area (Å²) >= 11 is 1.64. The van der Waals surface area contributed by atoms with Crippen molar-refractivity contribution in [2.45, 2.75) is 13.1 Å². The van der Waals surface area contributed by atoms with Crippen LogP contribution < -0.4 is 0 Å². The van der Waals surface area contributed by atoms with Crippen molar-refractivity contribution in [3.63, 3.8) is 0 Å². The monoisotopic (exact) mass is 374 g/mol. The number of hydrogen-bond acceptors (Lipinski definition) is 4. The molecular formula is C22H18N2O2S. The average molecular weight is 374 g/mol. The van der Waals surface area contributed by atoms with Crippen LogP contribution in [-0.2, 0) is 17.9 Å². The van der Waals surface area contributed by atoms with E-state index in [-0.39, 0.29) is 5.91 Å². The number of carbonyl (C=O) groups is 1. The van der Waals surface area contributed by atoms with Crippen LogP contribution in [0.5, 0.6) is 0 Å². The van der Waals surface area contributed by atoms with Gasteiger partial charge in [-0.05, 0) is 35.7 Å². The van der Waals surface area contributed by atoms with Gasteiger partial charge in [0.15, 0.2) is 0 Å². The minimum absolute atomic E-state index is 0.0623. The van der Waals surface area contributed by atoms with Crippen molar-refractivity contribution < 1.29 is 9.21 Å². The highest BCUT2D eigenvalue weighted by Gasteiger charge is 2.14. The van der Waals surface area contributed by atoms with Crippen molar-refractivity contribution in [2.75, 3.05) is 0 Å². The van der Waals surface area contributed by atoms with Crippen molar-refractivity contribution in [1.82, 2.24) is 9.88 Å². The Morgan fingerprint density at radius 3 is 2.81 bits per heavy atom. The van der Waals surface area contributed by atoms with Gasteiger partial charge in [0.1, 0.15) is 5.76 Å². The normalized spacial score (nSPS) is 11.3. The van der Waals surface area contributed by atoms with Gasteiger partial charge in [0.25, 0.3) is 0 Å². The Morgan fingerprint density at radius 2 is 2.00 bits per heavy atom. The topological polar surface area (TPSA) is 46.3 Å². The molecule has 4 nitrogen and oxygen atoms in total. The third-order valence-corrected chi connectivity index (χ3v) is 5.10. The summed E-state index contributed by atoms with van der Waals surface area (Å²) in [7, 11) is 0.